The van der Waals surface area contributed by atoms with E-state index < -0.39 is 0 Å². The summed E-state index contributed by atoms with van der Waals surface area (Å²) in [6, 6.07) is 7.03. The van der Waals surface area contributed by atoms with Crippen molar-refractivity contribution in [2.75, 3.05) is 26.7 Å². The first-order valence-corrected chi connectivity index (χ1v) is 9.23. The second-order valence-electron chi connectivity index (χ2n) is 7.21. The molecular weight excluding hydrogens is 346 g/mol. The molecule has 3 saturated heterocycles. The fourth-order valence-electron chi connectivity index (χ4n) is 4.02. The van der Waals surface area contributed by atoms with E-state index in [1.165, 1.54) is 0 Å². The minimum Gasteiger partial charge on any atom is -0.453 e. The molecule has 0 saturated carbocycles. The number of piperidine rings is 1. The molecular formula is C20H23N3O4. The average molecular weight is 369 g/mol. The van der Waals surface area contributed by atoms with Gasteiger partial charge in [0, 0.05) is 45.2 Å². The lowest BCUT2D eigenvalue weighted by Gasteiger charge is -2.35. The summed E-state index contributed by atoms with van der Waals surface area (Å²) in [5.74, 6) is 1.12. The van der Waals surface area contributed by atoms with Gasteiger partial charge in [-0.25, -0.2) is 0 Å². The molecule has 7 heteroatoms. The van der Waals surface area contributed by atoms with Gasteiger partial charge in [0.2, 0.25) is 0 Å². The molecule has 27 heavy (non-hydrogen) atoms. The van der Waals surface area contributed by atoms with E-state index in [-0.39, 0.29) is 23.8 Å². The SMILES string of the molecule is COCc1ccc(C(=O)N2C[C@H]3CC[C@@H]2CN(C(=O)c2cccnc2)C3)o1. The highest BCUT2D eigenvalue weighted by Gasteiger charge is 2.39. The van der Waals surface area contributed by atoms with Crippen molar-refractivity contribution in [2.24, 2.45) is 5.92 Å². The molecule has 0 N–H and O–H groups in total. The number of furan rings is 1. The molecule has 0 radical (unpaired) electrons. The molecule has 7 nitrogen and oxygen atoms in total. The third-order valence-corrected chi connectivity index (χ3v) is 5.33. The van der Waals surface area contributed by atoms with E-state index in [2.05, 4.69) is 4.98 Å². The molecule has 5 rings (SSSR count). The molecule has 5 heterocycles. The number of carbonyl (C=O) groups is 2. The number of pyridine rings is 1. The molecule has 0 aliphatic carbocycles. The number of nitrogens with zero attached hydrogens (tertiary/aromatic N) is 3. The molecule has 3 fully saturated rings. The van der Waals surface area contributed by atoms with Gasteiger partial charge in [-0.3, -0.25) is 14.6 Å². The zero-order valence-corrected chi connectivity index (χ0v) is 15.3. The second kappa shape index (κ2) is 7.52. The van der Waals surface area contributed by atoms with Gasteiger partial charge in [-0.2, -0.15) is 0 Å². The third kappa shape index (κ3) is 3.60. The highest BCUT2D eigenvalue weighted by atomic mass is 16.5. The molecule has 3 aliphatic heterocycles. The third-order valence-electron chi connectivity index (χ3n) is 5.33. The minimum absolute atomic E-state index is 0.00727. The number of hydrogen-bond donors (Lipinski definition) is 0. The summed E-state index contributed by atoms with van der Waals surface area (Å²) >= 11 is 0. The lowest BCUT2D eigenvalue weighted by molar-refractivity contribution is 0.0538. The number of methoxy groups -OCH3 is 1. The number of carbonyl (C=O) groups excluding carboxylic acids is 2. The Bertz CT molecular complexity index is 820. The highest BCUT2D eigenvalue weighted by molar-refractivity contribution is 5.94. The van der Waals surface area contributed by atoms with E-state index >= 15 is 0 Å². The Labute approximate surface area is 157 Å². The zero-order valence-electron chi connectivity index (χ0n) is 15.3. The Morgan fingerprint density at radius 3 is 2.85 bits per heavy atom. The normalized spacial score (nSPS) is 22.0. The van der Waals surface area contributed by atoms with E-state index in [1.54, 1.807) is 43.8 Å². The monoisotopic (exact) mass is 369 g/mol. The average Bonchev–Trinajstić information content (AvgIpc) is 2.97. The van der Waals surface area contributed by atoms with Crippen molar-refractivity contribution in [1.29, 1.82) is 0 Å². The van der Waals surface area contributed by atoms with Crippen LogP contribution in [0.5, 0.6) is 0 Å². The first-order chi connectivity index (χ1) is 13.2. The van der Waals surface area contributed by atoms with Crippen molar-refractivity contribution < 1.29 is 18.7 Å². The maximum absolute atomic E-state index is 13.0. The maximum atomic E-state index is 13.0. The van der Waals surface area contributed by atoms with Gasteiger partial charge in [0.05, 0.1) is 5.56 Å². The van der Waals surface area contributed by atoms with Gasteiger partial charge < -0.3 is 19.0 Å². The standard InChI is InChI=1S/C20H23N3O4/c1-26-13-17-6-7-18(27-17)20(25)23-11-14-4-5-16(23)12-22(10-14)19(24)15-3-2-8-21-9-15/h2-3,6-9,14,16H,4-5,10-13H2,1H3/t14-,16+/m0/s1. The van der Waals surface area contributed by atoms with Crippen LogP contribution in [0.25, 0.3) is 0 Å². The van der Waals surface area contributed by atoms with Crippen LogP contribution in [0.15, 0.2) is 41.1 Å². The van der Waals surface area contributed by atoms with Crippen LogP contribution in [0.4, 0.5) is 0 Å². The number of aromatic nitrogens is 1. The number of hydrogen-bond acceptors (Lipinski definition) is 5. The lowest BCUT2D eigenvalue weighted by atomic mass is 9.95. The van der Waals surface area contributed by atoms with E-state index in [4.69, 9.17) is 9.15 Å². The molecule has 3 aliphatic rings. The molecule has 0 spiro atoms. The highest BCUT2D eigenvalue weighted by Crippen LogP contribution is 2.30. The first kappa shape index (κ1) is 17.7. The predicted molar refractivity (Wildman–Crippen MR) is 97.1 cm³/mol. The Morgan fingerprint density at radius 1 is 1.19 bits per heavy atom. The van der Waals surface area contributed by atoms with E-state index in [9.17, 15) is 9.59 Å². The summed E-state index contributed by atoms with van der Waals surface area (Å²) in [7, 11) is 1.59. The summed E-state index contributed by atoms with van der Waals surface area (Å²) in [5, 5.41) is 0. The molecule has 2 bridgehead atoms. The van der Waals surface area contributed by atoms with Gasteiger partial charge in [0.1, 0.15) is 12.4 Å². The molecule has 0 aromatic carbocycles. The second-order valence-corrected chi connectivity index (χ2v) is 7.21. The number of fused-ring (bicyclic) bond motifs is 4. The number of rotatable bonds is 4. The fourth-order valence-corrected chi connectivity index (χ4v) is 4.02. The fraction of sp³-hybridized carbons (Fsp3) is 0.450. The van der Waals surface area contributed by atoms with Gasteiger partial charge in [-0.05, 0) is 43.0 Å². The molecule has 0 unspecified atom stereocenters. The van der Waals surface area contributed by atoms with Gasteiger partial charge in [-0.15, -0.1) is 0 Å². The zero-order chi connectivity index (χ0) is 18.8. The van der Waals surface area contributed by atoms with Gasteiger partial charge in [0.25, 0.3) is 11.8 Å². The Hall–Kier alpha value is -2.67. The van der Waals surface area contributed by atoms with Crippen LogP contribution >= 0.6 is 0 Å². The Balaban J connectivity index is 1.51. The number of amides is 2. The van der Waals surface area contributed by atoms with Crippen LogP contribution in [-0.4, -0.2) is 59.4 Å². The predicted octanol–water partition coefficient (Wildman–Crippen LogP) is 2.20. The van der Waals surface area contributed by atoms with Crippen LogP contribution < -0.4 is 0 Å². The molecule has 2 atom stereocenters. The summed E-state index contributed by atoms with van der Waals surface area (Å²) in [6.45, 7) is 2.20. The molecule has 142 valence electrons. The van der Waals surface area contributed by atoms with Gasteiger partial charge >= 0.3 is 0 Å². The van der Waals surface area contributed by atoms with E-state index in [0.717, 1.165) is 12.8 Å². The lowest BCUT2D eigenvalue weighted by Crippen LogP contribution is -2.47. The van der Waals surface area contributed by atoms with E-state index in [1.807, 2.05) is 9.80 Å². The Morgan fingerprint density at radius 2 is 2.07 bits per heavy atom. The van der Waals surface area contributed by atoms with Crippen molar-refractivity contribution in [3.8, 4) is 0 Å². The first-order valence-electron chi connectivity index (χ1n) is 9.23. The minimum atomic E-state index is -0.109. The number of ether oxygens (including phenoxy) is 1. The smallest absolute Gasteiger partial charge is 0.289 e. The molecule has 2 amide bonds. The largest absolute Gasteiger partial charge is 0.453 e. The summed E-state index contributed by atoms with van der Waals surface area (Å²) in [6.07, 6.45) is 5.18. The van der Waals surface area contributed by atoms with Crippen molar-refractivity contribution in [3.63, 3.8) is 0 Å². The van der Waals surface area contributed by atoms with Crippen molar-refractivity contribution >= 4 is 11.8 Å². The van der Waals surface area contributed by atoms with Gasteiger partial charge in [-0.1, -0.05) is 0 Å². The summed E-state index contributed by atoms with van der Waals surface area (Å²) in [4.78, 5) is 33.6. The van der Waals surface area contributed by atoms with Crippen molar-refractivity contribution in [3.05, 3.63) is 53.7 Å². The quantitative estimate of drug-likeness (QED) is 0.826. The van der Waals surface area contributed by atoms with Crippen LogP contribution in [-0.2, 0) is 11.3 Å². The van der Waals surface area contributed by atoms with Crippen LogP contribution in [0.3, 0.4) is 0 Å². The molecule has 2 aromatic rings. The van der Waals surface area contributed by atoms with Crippen LogP contribution in [0, 0.1) is 5.92 Å². The maximum Gasteiger partial charge on any atom is 0.289 e. The van der Waals surface area contributed by atoms with Crippen LogP contribution in [0.2, 0.25) is 0 Å². The van der Waals surface area contributed by atoms with Crippen LogP contribution in [0.1, 0.15) is 39.5 Å². The van der Waals surface area contributed by atoms with E-state index in [0.29, 0.717) is 43.3 Å². The Kier molecular flexibility index (Phi) is 4.94. The van der Waals surface area contributed by atoms with Crippen molar-refractivity contribution in [2.45, 2.75) is 25.5 Å². The summed E-state index contributed by atoms with van der Waals surface area (Å²) in [5.41, 5.74) is 0.590. The van der Waals surface area contributed by atoms with Crippen molar-refractivity contribution in [1.82, 2.24) is 14.8 Å². The topological polar surface area (TPSA) is 75.9 Å². The summed E-state index contributed by atoms with van der Waals surface area (Å²) < 4.78 is 10.7. The molecule has 2 aromatic heterocycles. The van der Waals surface area contributed by atoms with Gasteiger partial charge in [0.15, 0.2) is 5.76 Å².